The maximum Gasteiger partial charge on any atom is 0.249 e. The molecule has 0 aliphatic carbocycles. The maximum atomic E-state index is 5.99. The van der Waals surface area contributed by atoms with Crippen molar-refractivity contribution < 1.29 is 4.74 Å². The summed E-state index contributed by atoms with van der Waals surface area (Å²) >= 11 is 12.0. The number of benzene rings is 2. The van der Waals surface area contributed by atoms with Gasteiger partial charge in [0.1, 0.15) is 5.75 Å². The lowest BCUT2D eigenvalue weighted by molar-refractivity contribution is 0.414. The topological polar surface area (TPSA) is 72.0 Å². The zero-order chi connectivity index (χ0) is 18.4. The molecule has 8 heteroatoms. The third-order valence-electron chi connectivity index (χ3n) is 3.53. The molecular weight excluding hydrogens is 373 g/mol. The van der Waals surface area contributed by atoms with E-state index in [1.807, 2.05) is 18.2 Å². The van der Waals surface area contributed by atoms with Crippen molar-refractivity contribution >= 4 is 40.7 Å². The molecule has 0 atom stereocenters. The number of nitrogens with one attached hydrogen (secondary N) is 2. The van der Waals surface area contributed by atoms with Crippen molar-refractivity contribution in [2.75, 3.05) is 24.3 Å². The van der Waals surface area contributed by atoms with Gasteiger partial charge in [0.2, 0.25) is 5.95 Å². The van der Waals surface area contributed by atoms with Crippen LogP contribution in [0.15, 0.2) is 48.7 Å². The molecule has 0 amide bonds. The van der Waals surface area contributed by atoms with Crippen LogP contribution in [0.2, 0.25) is 10.0 Å². The molecule has 0 spiro atoms. The van der Waals surface area contributed by atoms with Crippen LogP contribution in [0.25, 0.3) is 0 Å². The van der Waals surface area contributed by atoms with E-state index >= 15 is 0 Å². The summed E-state index contributed by atoms with van der Waals surface area (Å²) in [5, 5.41) is 15.3. The van der Waals surface area contributed by atoms with Crippen molar-refractivity contribution in [2.45, 2.75) is 6.42 Å². The highest BCUT2D eigenvalue weighted by Gasteiger charge is 2.04. The van der Waals surface area contributed by atoms with E-state index in [1.165, 1.54) is 5.56 Å². The number of hydrogen-bond donors (Lipinski definition) is 2. The summed E-state index contributed by atoms with van der Waals surface area (Å²) in [6.45, 7) is 0.703. The molecule has 0 fully saturated rings. The minimum atomic E-state index is 0.356. The summed E-state index contributed by atoms with van der Waals surface area (Å²) in [5.41, 5.74) is 1.86. The molecule has 0 aliphatic heterocycles. The first-order valence-corrected chi connectivity index (χ1v) is 8.67. The Kier molecular flexibility index (Phi) is 6.09. The summed E-state index contributed by atoms with van der Waals surface area (Å²) < 4.78 is 5.23. The highest BCUT2D eigenvalue weighted by atomic mass is 35.5. The fourth-order valence-corrected chi connectivity index (χ4v) is 2.89. The third kappa shape index (κ3) is 5.21. The molecule has 0 saturated heterocycles. The molecule has 134 valence electrons. The van der Waals surface area contributed by atoms with Crippen LogP contribution in [0, 0.1) is 0 Å². The van der Waals surface area contributed by atoms with Gasteiger partial charge in [-0.2, -0.15) is 10.1 Å². The van der Waals surface area contributed by atoms with E-state index < -0.39 is 0 Å². The quantitative estimate of drug-likeness (QED) is 0.615. The summed E-state index contributed by atoms with van der Waals surface area (Å²) in [5.74, 6) is 1.83. The summed E-state index contributed by atoms with van der Waals surface area (Å²) in [4.78, 5) is 4.39. The Hall–Kier alpha value is -2.57. The SMILES string of the molecule is COc1cccc(CCNc2cnnc(Nc3cc(Cl)cc(Cl)c3)n2)c1. The van der Waals surface area contributed by atoms with Gasteiger partial charge in [-0.3, -0.25) is 0 Å². The van der Waals surface area contributed by atoms with Crippen LogP contribution in [-0.2, 0) is 6.42 Å². The van der Waals surface area contributed by atoms with Gasteiger partial charge in [-0.1, -0.05) is 35.3 Å². The molecule has 0 saturated carbocycles. The average Bonchev–Trinajstić information content (AvgIpc) is 2.61. The Morgan fingerprint density at radius 1 is 1.08 bits per heavy atom. The summed E-state index contributed by atoms with van der Waals surface area (Å²) in [7, 11) is 1.66. The molecule has 26 heavy (non-hydrogen) atoms. The second kappa shape index (κ2) is 8.69. The van der Waals surface area contributed by atoms with Crippen LogP contribution >= 0.6 is 23.2 Å². The Bertz CT molecular complexity index is 871. The summed E-state index contributed by atoms with van der Waals surface area (Å²) in [6.07, 6.45) is 2.40. The van der Waals surface area contributed by atoms with Crippen molar-refractivity contribution in [1.29, 1.82) is 0 Å². The van der Waals surface area contributed by atoms with Gasteiger partial charge in [0.25, 0.3) is 0 Å². The van der Waals surface area contributed by atoms with Crippen LogP contribution in [0.5, 0.6) is 5.75 Å². The van der Waals surface area contributed by atoms with Crippen LogP contribution in [-0.4, -0.2) is 28.8 Å². The Labute approximate surface area is 161 Å². The standard InChI is InChI=1S/C18H17Cl2N5O/c1-26-16-4-2-3-12(7-16)5-6-21-17-11-22-25-18(24-17)23-15-9-13(19)8-14(20)10-15/h2-4,7-11H,5-6H2,1H3,(H2,21,23,24,25). The number of hydrogen-bond acceptors (Lipinski definition) is 6. The molecule has 0 unspecified atom stereocenters. The lowest BCUT2D eigenvalue weighted by atomic mass is 10.1. The van der Waals surface area contributed by atoms with Gasteiger partial charge in [-0.15, -0.1) is 5.10 Å². The van der Waals surface area contributed by atoms with E-state index in [-0.39, 0.29) is 0 Å². The molecule has 3 aromatic rings. The predicted molar refractivity (Wildman–Crippen MR) is 105 cm³/mol. The molecule has 0 bridgehead atoms. The molecule has 3 rings (SSSR count). The Balaban J connectivity index is 1.60. The molecule has 1 aromatic heterocycles. The van der Waals surface area contributed by atoms with Gasteiger partial charge in [-0.25, -0.2) is 0 Å². The lowest BCUT2D eigenvalue weighted by Gasteiger charge is -2.09. The molecule has 2 aromatic carbocycles. The van der Waals surface area contributed by atoms with Crippen LogP contribution in [0.1, 0.15) is 5.56 Å². The van der Waals surface area contributed by atoms with Gasteiger partial charge in [0.05, 0.1) is 13.3 Å². The highest BCUT2D eigenvalue weighted by Crippen LogP contribution is 2.24. The predicted octanol–water partition coefficient (Wildman–Crippen LogP) is 4.59. The first kappa shape index (κ1) is 18.2. The number of methoxy groups -OCH3 is 1. The Morgan fingerprint density at radius 2 is 1.88 bits per heavy atom. The first-order valence-electron chi connectivity index (χ1n) is 7.92. The minimum absolute atomic E-state index is 0.356. The van der Waals surface area contributed by atoms with Crippen LogP contribution in [0.4, 0.5) is 17.5 Å². The molecule has 0 aliphatic rings. The second-order valence-corrected chi connectivity index (χ2v) is 6.35. The van der Waals surface area contributed by atoms with Crippen LogP contribution in [0.3, 0.4) is 0 Å². The monoisotopic (exact) mass is 389 g/mol. The number of anilines is 3. The number of halogens is 2. The molecule has 1 heterocycles. The van der Waals surface area contributed by atoms with Crippen molar-refractivity contribution in [3.05, 3.63) is 64.3 Å². The normalized spacial score (nSPS) is 10.4. The Morgan fingerprint density at radius 3 is 2.65 bits per heavy atom. The van der Waals surface area contributed by atoms with E-state index in [1.54, 1.807) is 31.5 Å². The lowest BCUT2D eigenvalue weighted by Crippen LogP contribution is -2.08. The second-order valence-electron chi connectivity index (χ2n) is 5.48. The van der Waals surface area contributed by atoms with Crippen molar-refractivity contribution in [1.82, 2.24) is 15.2 Å². The zero-order valence-electron chi connectivity index (χ0n) is 14.0. The van der Waals surface area contributed by atoms with E-state index in [9.17, 15) is 0 Å². The van der Waals surface area contributed by atoms with Crippen molar-refractivity contribution in [3.8, 4) is 5.75 Å². The molecule has 6 nitrogen and oxygen atoms in total. The number of aromatic nitrogens is 3. The van der Waals surface area contributed by atoms with E-state index in [2.05, 4.69) is 31.9 Å². The third-order valence-corrected chi connectivity index (χ3v) is 3.97. The number of ether oxygens (including phenoxy) is 1. The van der Waals surface area contributed by atoms with E-state index in [0.29, 0.717) is 34.0 Å². The first-order chi connectivity index (χ1) is 12.6. The van der Waals surface area contributed by atoms with E-state index in [4.69, 9.17) is 27.9 Å². The number of nitrogens with zero attached hydrogens (tertiary/aromatic N) is 3. The minimum Gasteiger partial charge on any atom is -0.497 e. The van der Waals surface area contributed by atoms with Gasteiger partial charge >= 0.3 is 0 Å². The largest absolute Gasteiger partial charge is 0.497 e. The average molecular weight is 390 g/mol. The van der Waals surface area contributed by atoms with E-state index in [0.717, 1.165) is 12.2 Å². The molecule has 0 radical (unpaired) electrons. The smallest absolute Gasteiger partial charge is 0.249 e. The van der Waals surface area contributed by atoms with Crippen molar-refractivity contribution in [2.24, 2.45) is 0 Å². The highest BCUT2D eigenvalue weighted by molar-refractivity contribution is 6.35. The van der Waals surface area contributed by atoms with Gasteiger partial charge in [0, 0.05) is 22.3 Å². The maximum absolute atomic E-state index is 5.99. The zero-order valence-corrected chi connectivity index (χ0v) is 15.6. The van der Waals surface area contributed by atoms with Crippen LogP contribution < -0.4 is 15.4 Å². The fourth-order valence-electron chi connectivity index (χ4n) is 2.36. The number of rotatable bonds is 7. The van der Waals surface area contributed by atoms with Gasteiger partial charge < -0.3 is 15.4 Å². The van der Waals surface area contributed by atoms with Gasteiger partial charge in [0.15, 0.2) is 5.82 Å². The summed E-state index contributed by atoms with van der Waals surface area (Å²) in [6, 6.07) is 13.1. The molecular formula is C18H17Cl2N5O. The van der Waals surface area contributed by atoms with Crippen molar-refractivity contribution in [3.63, 3.8) is 0 Å². The van der Waals surface area contributed by atoms with Gasteiger partial charge in [-0.05, 0) is 42.3 Å². The molecule has 2 N–H and O–H groups in total. The fraction of sp³-hybridized carbons (Fsp3) is 0.167.